The van der Waals surface area contributed by atoms with Crippen LogP contribution in [0, 0.1) is 0 Å². The van der Waals surface area contributed by atoms with Crippen LogP contribution in [0.15, 0.2) is 12.0 Å². The average molecular weight is 175 g/mol. The number of carbonyl (C=O) groups excluding carboxylic acids is 1. The smallest absolute Gasteiger partial charge is 0.323 e. The van der Waals surface area contributed by atoms with E-state index in [0.29, 0.717) is 12.4 Å². The lowest BCUT2D eigenvalue weighted by Crippen LogP contribution is -2.34. The Morgan fingerprint density at radius 2 is 2.55 bits per heavy atom. The molecule has 0 aromatic carbocycles. The Morgan fingerprint density at radius 1 is 1.91 bits per heavy atom. The molecule has 4 heteroatoms. The minimum Gasteiger partial charge on any atom is -0.465 e. The Kier molecular flexibility index (Phi) is 5.97. The molecule has 0 rings (SSSR count). The molecule has 0 amide bonds. The van der Waals surface area contributed by atoms with Gasteiger partial charge in [-0.25, -0.2) is 0 Å². The molecule has 0 spiro atoms. The molecule has 0 aliphatic carbocycles. The first kappa shape index (κ1) is 10.5. The van der Waals surface area contributed by atoms with Crippen molar-refractivity contribution in [1.82, 2.24) is 0 Å². The summed E-state index contributed by atoms with van der Waals surface area (Å²) in [6, 6.07) is -0.530. The number of thioether (sulfide) groups is 1. The van der Waals surface area contributed by atoms with E-state index in [2.05, 4.69) is 11.3 Å². The first-order valence-electron chi connectivity index (χ1n) is 3.37. The van der Waals surface area contributed by atoms with Crippen LogP contribution in [0.4, 0.5) is 0 Å². The number of nitrogens with two attached hydrogens (primary N) is 1. The zero-order valence-electron chi connectivity index (χ0n) is 6.58. The van der Waals surface area contributed by atoms with Crippen LogP contribution in [0.25, 0.3) is 0 Å². The molecule has 0 fully saturated rings. The maximum absolute atomic E-state index is 10.9. The van der Waals surface area contributed by atoms with Crippen molar-refractivity contribution >= 4 is 17.7 Å². The van der Waals surface area contributed by atoms with Gasteiger partial charge in [0.15, 0.2) is 0 Å². The number of hydrogen-bond donors (Lipinski definition) is 1. The lowest BCUT2D eigenvalue weighted by atomic mass is 10.4. The first-order valence-corrected chi connectivity index (χ1v) is 4.42. The number of rotatable bonds is 5. The summed E-state index contributed by atoms with van der Waals surface area (Å²) in [5.41, 5.74) is 5.45. The van der Waals surface area contributed by atoms with Gasteiger partial charge in [-0.1, -0.05) is 6.58 Å². The Hall–Kier alpha value is -0.480. The quantitative estimate of drug-likeness (QED) is 0.626. The maximum atomic E-state index is 10.9. The summed E-state index contributed by atoms with van der Waals surface area (Å²) in [5, 5.41) is 1.65. The van der Waals surface area contributed by atoms with E-state index in [1.807, 2.05) is 0 Å². The van der Waals surface area contributed by atoms with Gasteiger partial charge in [0.2, 0.25) is 0 Å². The summed E-state index contributed by atoms with van der Waals surface area (Å²) in [4.78, 5) is 10.9. The average Bonchev–Trinajstić information content (AvgIpc) is 2.00. The number of esters is 1. The van der Waals surface area contributed by atoms with E-state index in [-0.39, 0.29) is 5.97 Å². The highest BCUT2D eigenvalue weighted by molar-refractivity contribution is 8.02. The van der Waals surface area contributed by atoms with E-state index in [1.165, 1.54) is 11.8 Å². The van der Waals surface area contributed by atoms with Gasteiger partial charge in [-0.05, 0) is 12.3 Å². The van der Waals surface area contributed by atoms with Gasteiger partial charge in [0.05, 0.1) is 6.61 Å². The van der Waals surface area contributed by atoms with Crippen LogP contribution in [-0.4, -0.2) is 24.4 Å². The van der Waals surface area contributed by atoms with Crippen molar-refractivity contribution in [2.75, 3.05) is 12.4 Å². The molecule has 0 bridgehead atoms. The van der Waals surface area contributed by atoms with Crippen molar-refractivity contribution in [3.05, 3.63) is 12.0 Å². The van der Waals surface area contributed by atoms with Gasteiger partial charge < -0.3 is 10.5 Å². The molecule has 0 aliphatic heterocycles. The van der Waals surface area contributed by atoms with Crippen molar-refractivity contribution in [2.24, 2.45) is 5.73 Å². The maximum Gasteiger partial charge on any atom is 0.323 e. The van der Waals surface area contributed by atoms with E-state index in [4.69, 9.17) is 5.73 Å². The minimum absolute atomic E-state index is 0.346. The molecule has 0 aromatic heterocycles. The van der Waals surface area contributed by atoms with Gasteiger partial charge in [-0.15, -0.1) is 11.8 Å². The van der Waals surface area contributed by atoms with Gasteiger partial charge in [0, 0.05) is 5.75 Å². The van der Waals surface area contributed by atoms with Crippen LogP contribution in [0.1, 0.15) is 6.92 Å². The largest absolute Gasteiger partial charge is 0.465 e. The highest BCUT2D eigenvalue weighted by Crippen LogP contribution is 2.02. The first-order chi connectivity index (χ1) is 5.22. The van der Waals surface area contributed by atoms with Crippen molar-refractivity contribution in [3.63, 3.8) is 0 Å². The molecule has 2 N–H and O–H groups in total. The number of ether oxygens (including phenoxy) is 1. The Labute approximate surface area is 71.0 Å². The molecular formula is C7H13NO2S. The Morgan fingerprint density at radius 3 is 3.00 bits per heavy atom. The van der Waals surface area contributed by atoms with Gasteiger partial charge in [-0.3, -0.25) is 4.79 Å². The molecule has 0 aliphatic rings. The van der Waals surface area contributed by atoms with Gasteiger partial charge in [0.25, 0.3) is 0 Å². The third-order valence-electron chi connectivity index (χ3n) is 0.983. The second kappa shape index (κ2) is 6.24. The van der Waals surface area contributed by atoms with Crippen molar-refractivity contribution in [2.45, 2.75) is 13.0 Å². The third kappa shape index (κ3) is 4.86. The number of hydrogen-bond acceptors (Lipinski definition) is 4. The van der Waals surface area contributed by atoms with Crippen LogP contribution in [-0.2, 0) is 9.53 Å². The summed E-state index contributed by atoms with van der Waals surface area (Å²) >= 11 is 1.41. The second-order valence-corrected chi connectivity index (χ2v) is 2.86. The predicted molar refractivity (Wildman–Crippen MR) is 47.3 cm³/mol. The summed E-state index contributed by atoms with van der Waals surface area (Å²) in [5.74, 6) is 0.185. The van der Waals surface area contributed by atoms with E-state index in [0.717, 1.165) is 0 Å². The number of carbonyl (C=O) groups is 1. The van der Waals surface area contributed by atoms with E-state index in [1.54, 1.807) is 12.3 Å². The van der Waals surface area contributed by atoms with Crippen molar-refractivity contribution < 1.29 is 9.53 Å². The summed E-state index contributed by atoms with van der Waals surface area (Å²) in [6.45, 7) is 5.63. The zero-order chi connectivity index (χ0) is 8.69. The molecule has 0 saturated carbocycles. The summed E-state index contributed by atoms with van der Waals surface area (Å²) in [7, 11) is 0. The molecule has 0 radical (unpaired) electrons. The standard InChI is InChI=1S/C7H13NO2S/c1-3-10-7(9)6(8)5-11-4-2/h4,6H,2-3,5,8H2,1H3. The van der Waals surface area contributed by atoms with Gasteiger partial charge >= 0.3 is 5.97 Å². The molecule has 0 heterocycles. The monoisotopic (exact) mass is 175 g/mol. The Bertz CT molecular complexity index is 138. The van der Waals surface area contributed by atoms with Crippen LogP contribution < -0.4 is 5.73 Å². The molecular weight excluding hydrogens is 162 g/mol. The van der Waals surface area contributed by atoms with E-state index < -0.39 is 6.04 Å². The summed E-state index contributed by atoms with van der Waals surface area (Å²) in [6.07, 6.45) is 0. The van der Waals surface area contributed by atoms with Gasteiger partial charge in [-0.2, -0.15) is 0 Å². The minimum atomic E-state index is -0.530. The SMILES string of the molecule is C=CSCC(N)C(=O)OCC. The molecule has 1 unspecified atom stereocenters. The topological polar surface area (TPSA) is 52.3 Å². The zero-order valence-corrected chi connectivity index (χ0v) is 7.39. The van der Waals surface area contributed by atoms with Gasteiger partial charge in [0.1, 0.15) is 6.04 Å². The fraction of sp³-hybridized carbons (Fsp3) is 0.571. The van der Waals surface area contributed by atoms with E-state index >= 15 is 0 Å². The van der Waals surface area contributed by atoms with Crippen LogP contribution in [0.2, 0.25) is 0 Å². The third-order valence-corrected chi connectivity index (χ3v) is 1.77. The molecule has 11 heavy (non-hydrogen) atoms. The van der Waals surface area contributed by atoms with E-state index in [9.17, 15) is 4.79 Å². The molecule has 0 saturated heterocycles. The molecule has 0 aromatic rings. The lowest BCUT2D eigenvalue weighted by molar-refractivity contribution is -0.144. The highest BCUT2D eigenvalue weighted by Gasteiger charge is 2.12. The molecule has 3 nitrogen and oxygen atoms in total. The predicted octanol–water partition coefficient (Wildman–Crippen LogP) is 0.753. The van der Waals surface area contributed by atoms with Crippen molar-refractivity contribution in [3.8, 4) is 0 Å². The lowest BCUT2D eigenvalue weighted by Gasteiger charge is -2.07. The van der Waals surface area contributed by atoms with Crippen molar-refractivity contribution in [1.29, 1.82) is 0 Å². The summed E-state index contributed by atoms with van der Waals surface area (Å²) < 4.78 is 4.69. The normalized spacial score (nSPS) is 12.2. The highest BCUT2D eigenvalue weighted by atomic mass is 32.2. The molecule has 64 valence electrons. The fourth-order valence-electron chi connectivity index (χ4n) is 0.489. The fourth-order valence-corrected chi connectivity index (χ4v) is 0.969. The van der Waals surface area contributed by atoms with Crippen LogP contribution >= 0.6 is 11.8 Å². The van der Waals surface area contributed by atoms with Crippen LogP contribution in [0.5, 0.6) is 0 Å². The molecule has 1 atom stereocenters. The second-order valence-electron chi connectivity index (χ2n) is 1.86. The van der Waals surface area contributed by atoms with Crippen LogP contribution in [0.3, 0.4) is 0 Å². The Balaban J connectivity index is 3.54.